The van der Waals surface area contributed by atoms with Crippen LogP contribution in [0.1, 0.15) is 32.1 Å². The second-order valence-corrected chi connectivity index (χ2v) is 4.28. The van der Waals surface area contributed by atoms with Gasteiger partial charge in [0.1, 0.15) is 0 Å². The lowest BCUT2D eigenvalue weighted by Gasteiger charge is -2.26. The highest BCUT2D eigenvalue weighted by molar-refractivity contribution is 5.44. The number of nitrogens with zero attached hydrogens (tertiary/aromatic N) is 2. The predicted octanol–water partition coefficient (Wildman–Crippen LogP) is 2.00. The SMILES string of the molecule is CC[C@@H](O)c1ccc(N(C)C(C)COC)cn1. The molecule has 4 heteroatoms. The number of anilines is 1. The molecule has 1 rings (SSSR count). The molecule has 1 aromatic rings. The van der Waals surface area contributed by atoms with Crippen LogP contribution in [0.5, 0.6) is 0 Å². The van der Waals surface area contributed by atoms with Crippen molar-refractivity contribution in [3.8, 4) is 0 Å². The third-order valence-electron chi connectivity index (χ3n) is 2.98. The van der Waals surface area contributed by atoms with Crippen molar-refractivity contribution in [1.29, 1.82) is 0 Å². The Bertz CT molecular complexity index is 327. The zero-order chi connectivity index (χ0) is 12.8. The van der Waals surface area contributed by atoms with E-state index in [4.69, 9.17) is 4.74 Å². The van der Waals surface area contributed by atoms with Gasteiger partial charge in [0.15, 0.2) is 0 Å². The van der Waals surface area contributed by atoms with Crippen molar-refractivity contribution in [1.82, 2.24) is 4.98 Å². The van der Waals surface area contributed by atoms with Crippen molar-refractivity contribution in [2.75, 3.05) is 25.7 Å². The first-order valence-corrected chi connectivity index (χ1v) is 5.95. The third-order valence-corrected chi connectivity index (χ3v) is 2.98. The molecule has 0 aliphatic heterocycles. The van der Waals surface area contributed by atoms with Crippen molar-refractivity contribution in [3.05, 3.63) is 24.0 Å². The largest absolute Gasteiger partial charge is 0.387 e. The van der Waals surface area contributed by atoms with Crippen LogP contribution < -0.4 is 4.90 Å². The highest BCUT2D eigenvalue weighted by Gasteiger charge is 2.11. The van der Waals surface area contributed by atoms with Crippen LogP contribution >= 0.6 is 0 Å². The van der Waals surface area contributed by atoms with Gasteiger partial charge in [-0.05, 0) is 25.5 Å². The lowest BCUT2D eigenvalue weighted by atomic mass is 10.2. The molecule has 0 aliphatic rings. The second kappa shape index (κ2) is 6.57. The molecular weight excluding hydrogens is 216 g/mol. The Kier molecular flexibility index (Phi) is 5.38. The monoisotopic (exact) mass is 238 g/mol. The van der Waals surface area contributed by atoms with Crippen LogP contribution in [-0.4, -0.2) is 36.9 Å². The second-order valence-electron chi connectivity index (χ2n) is 4.28. The molecule has 0 aliphatic carbocycles. The minimum absolute atomic E-state index is 0.295. The summed E-state index contributed by atoms with van der Waals surface area (Å²) in [5.41, 5.74) is 1.76. The Hall–Kier alpha value is -1.13. The molecule has 96 valence electrons. The normalized spacial score (nSPS) is 14.4. The summed E-state index contributed by atoms with van der Waals surface area (Å²) in [7, 11) is 3.71. The first-order valence-electron chi connectivity index (χ1n) is 5.95. The lowest BCUT2D eigenvalue weighted by Crippen LogP contribution is -2.32. The number of rotatable bonds is 6. The highest BCUT2D eigenvalue weighted by atomic mass is 16.5. The maximum atomic E-state index is 9.66. The Morgan fingerprint density at radius 2 is 2.18 bits per heavy atom. The summed E-state index contributed by atoms with van der Waals surface area (Å²) in [6, 6.07) is 4.15. The topological polar surface area (TPSA) is 45.6 Å². The quantitative estimate of drug-likeness (QED) is 0.823. The molecule has 0 spiro atoms. The van der Waals surface area contributed by atoms with Crippen LogP contribution in [0.2, 0.25) is 0 Å². The van der Waals surface area contributed by atoms with E-state index in [0.717, 1.165) is 11.4 Å². The van der Waals surface area contributed by atoms with Crippen LogP contribution in [0, 0.1) is 0 Å². The van der Waals surface area contributed by atoms with Gasteiger partial charge in [-0.25, -0.2) is 0 Å². The van der Waals surface area contributed by atoms with E-state index in [0.29, 0.717) is 19.1 Å². The van der Waals surface area contributed by atoms with Gasteiger partial charge in [-0.3, -0.25) is 4.98 Å². The first-order chi connectivity index (χ1) is 8.10. The molecule has 17 heavy (non-hydrogen) atoms. The Morgan fingerprint density at radius 1 is 1.47 bits per heavy atom. The number of methoxy groups -OCH3 is 1. The van der Waals surface area contributed by atoms with Gasteiger partial charge < -0.3 is 14.7 Å². The molecule has 0 saturated carbocycles. The van der Waals surface area contributed by atoms with Crippen molar-refractivity contribution in [3.63, 3.8) is 0 Å². The average molecular weight is 238 g/mol. The van der Waals surface area contributed by atoms with Crippen LogP contribution in [0.4, 0.5) is 5.69 Å². The van der Waals surface area contributed by atoms with Gasteiger partial charge in [0.25, 0.3) is 0 Å². The highest BCUT2D eigenvalue weighted by Crippen LogP contribution is 2.18. The summed E-state index contributed by atoms with van der Waals surface area (Å²) < 4.78 is 5.12. The summed E-state index contributed by atoms with van der Waals surface area (Å²) in [4.78, 5) is 6.39. The molecule has 1 aromatic heterocycles. The van der Waals surface area contributed by atoms with Crippen molar-refractivity contribution >= 4 is 5.69 Å². The van der Waals surface area contributed by atoms with E-state index in [9.17, 15) is 5.11 Å². The molecule has 1 unspecified atom stereocenters. The van der Waals surface area contributed by atoms with Crippen LogP contribution in [-0.2, 0) is 4.74 Å². The zero-order valence-corrected chi connectivity index (χ0v) is 11.1. The standard InChI is InChI=1S/C13H22N2O2/c1-5-13(16)12-7-6-11(8-14-12)15(3)10(2)9-17-4/h6-8,10,13,16H,5,9H2,1-4H3/t10?,13-/m1/s1. The van der Waals surface area contributed by atoms with Crippen LogP contribution in [0.3, 0.4) is 0 Å². The molecule has 2 atom stereocenters. The first kappa shape index (κ1) is 13.9. The van der Waals surface area contributed by atoms with E-state index in [2.05, 4.69) is 16.8 Å². The zero-order valence-electron chi connectivity index (χ0n) is 11.1. The van der Waals surface area contributed by atoms with Gasteiger partial charge >= 0.3 is 0 Å². The number of hydrogen-bond donors (Lipinski definition) is 1. The fourth-order valence-corrected chi connectivity index (χ4v) is 1.62. The molecule has 1 N–H and O–H groups in total. The molecular formula is C13H22N2O2. The summed E-state index contributed by atoms with van der Waals surface area (Å²) in [6.07, 6.45) is 2.01. The molecule has 0 bridgehead atoms. The average Bonchev–Trinajstić information content (AvgIpc) is 2.37. The number of ether oxygens (including phenoxy) is 1. The van der Waals surface area contributed by atoms with Crippen molar-refractivity contribution < 1.29 is 9.84 Å². The number of likely N-dealkylation sites (N-methyl/N-ethyl adjacent to an activating group) is 1. The number of aliphatic hydroxyl groups is 1. The number of hydrogen-bond acceptors (Lipinski definition) is 4. The smallest absolute Gasteiger partial charge is 0.0957 e. The number of pyridine rings is 1. The van der Waals surface area contributed by atoms with E-state index in [1.165, 1.54) is 0 Å². The number of aromatic nitrogens is 1. The third kappa shape index (κ3) is 3.68. The molecule has 0 radical (unpaired) electrons. The molecule has 0 aromatic carbocycles. The van der Waals surface area contributed by atoms with E-state index < -0.39 is 6.10 Å². The minimum Gasteiger partial charge on any atom is -0.387 e. The molecule has 0 amide bonds. The van der Waals surface area contributed by atoms with Gasteiger partial charge in [-0.2, -0.15) is 0 Å². The number of aliphatic hydroxyl groups excluding tert-OH is 1. The van der Waals surface area contributed by atoms with Gasteiger partial charge in [0, 0.05) is 20.2 Å². The predicted molar refractivity (Wildman–Crippen MR) is 69.2 cm³/mol. The van der Waals surface area contributed by atoms with Crippen LogP contribution in [0.25, 0.3) is 0 Å². The van der Waals surface area contributed by atoms with Crippen molar-refractivity contribution in [2.45, 2.75) is 32.4 Å². The van der Waals surface area contributed by atoms with Gasteiger partial charge in [-0.1, -0.05) is 6.92 Å². The fraction of sp³-hybridized carbons (Fsp3) is 0.615. The molecule has 1 heterocycles. The van der Waals surface area contributed by atoms with Gasteiger partial charge in [0.05, 0.1) is 30.3 Å². The Labute approximate surface area is 103 Å². The summed E-state index contributed by atoms with van der Waals surface area (Å²) >= 11 is 0. The van der Waals surface area contributed by atoms with E-state index in [-0.39, 0.29) is 0 Å². The van der Waals surface area contributed by atoms with E-state index in [1.807, 2.05) is 26.1 Å². The molecule has 4 nitrogen and oxygen atoms in total. The minimum atomic E-state index is -0.467. The van der Waals surface area contributed by atoms with Gasteiger partial charge in [0.2, 0.25) is 0 Å². The van der Waals surface area contributed by atoms with E-state index in [1.54, 1.807) is 13.3 Å². The van der Waals surface area contributed by atoms with E-state index >= 15 is 0 Å². The maximum absolute atomic E-state index is 9.66. The molecule has 0 saturated heterocycles. The summed E-state index contributed by atoms with van der Waals surface area (Å²) in [6.45, 7) is 4.71. The van der Waals surface area contributed by atoms with Crippen molar-refractivity contribution in [2.24, 2.45) is 0 Å². The molecule has 0 fully saturated rings. The lowest BCUT2D eigenvalue weighted by molar-refractivity contribution is 0.169. The maximum Gasteiger partial charge on any atom is 0.0957 e. The Balaban J connectivity index is 2.73. The summed E-state index contributed by atoms with van der Waals surface area (Å²) in [5.74, 6) is 0. The van der Waals surface area contributed by atoms with Gasteiger partial charge in [-0.15, -0.1) is 0 Å². The summed E-state index contributed by atoms with van der Waals surface area (Å²) in [5, 5.41) is 9.66. The Morgan fingerprint density at radius 3 is 2.65 bits per heavy atom. The fourth-order valence-electron chi connectivity index (χ4n) is 1.62. The van der Waals surface area contributed by atoms with Crippen LogP contribution in [0.15, 0.2) is 18.3 Å².